The summed E-state index contributed by atoms with van der Waals surface area (Å²) in [4.78, 5) is 11.0. The van der Waals surface area contributed by atoms with Gasteiger partial charge in [-0.25, -0.2) is 0 Å². The molecule has 0 bridgehead atoms. The van der Waals surface area contributed by atoms with E-state index in [0.717, 1.165) is 17.8 Å². The number of aldehydes is 1. The van der Waals surface area contributed by atoms with Crippen molar-refractivity contribution in [3.8, 4) is 0 Å². The first-order chi connectivity index (χ1) is 9.73. The molecule has 2 rings (SSSR count). The molecule has 1 nitrogen and oxygen atoms in total. The van der Waals surface area contributed by atoms with Gasteiger partial charge in [0.05, 0.1) is 0 Å². The van der Waals surface area contributed by atoms with Crippen LogP contribution in [0.3, 0.4) is 0 Å². The van der Waals surface area contributed by atoms with Crippen molar-refractivity contribution in [1.29, 1.82) is 0 Å². The molecule has 0 heterocycles. The van der Waals surface area contributed by atoms with E-state index in [4.69, 9.17) is 0 Å². The lowest BCUT2D eigenvalue weighted by molar-refractivity contribution is -0.106. The van der Waals surface area contributed by atoms with Gasteiger partial charge in [0.25, 0.3) is 0 Å². The van der Waals surface area contributed by atoms with E-state index in [2.05, 4.69) is 29.5 Å². The molecule has 0 aromatic heterocycles. The number of allylic oxidation sites excluding steroid dienone is 1. The monoisotopic (exact) mass is 388 g/mol. The van der Waals surface area contributed by atoms with Crippen molar-refractivity contribution in [1.82, 2.24) is 0 Å². The lowest BCUT2D eigenvalue weighted by Gasteiger charge is -2.48. The third kappa shape index (κ3) is 4.08. The molecule has 0 N–H and O–H groups in total. The summed E-state index contributed by atoms with van der Waals surface area (Å²) in [6.07, 6.45) is 16.5. The van der Waals surface area contributed by atoms with E-state index < -0.39 is 0 Å². The van der Waals surface area contributed by atoms with Crippen molar-refractivity contribution in [3.63, 3.8) is 0 Å². The number of carbonyl (C=O) groups excluding carboxylic acids is 1. The third-order valence-electron chi connectivity index (χ3n) is 5.89. The van der Waals surface area contributed by atoms with Crippen LogP contribution in [-0.4, -0.2) is 6.29 Å². The molecular formula is C18H29IO. The summed E-state index contributed by atoms with van der Waals surface area (Å²) < 4.78 is 1.98. The number of halogens is 1. The van der Waals surface area contributed by atoms with Crippen LogP contribution in [0, 0.1) is 17.3 Å². The van der Waals surface area contributed by atoms with Gasteiger partial charge in [0.15, 0.2) is 0 Å². The number of hydrogen-bond acceptors (Lipinski definition) is 1. The average Bonchev–Trinajstić information content (AvgIpc) is 2.46. The molecule has 0 radical (unpaired) electrons. The van der Waals surface area contributed by atoms with Crippen LogP contribution in [0.5, 0.6) is 0 Å². The van der Waals surface area contributed by atoms with Crippen molar-refractivity contribution in [2.75, 3.05) is 0 Å². The number of rotatable bonds is 7. The van der Waals surface area contributed by atoms with Crippen molar-refractivity contribution in [2.24, 2.45) is 17.3 Å². The number of carbonyl (C=O) groups is 1. The lowest BCUT2D eigenvalue weighted by Crippen LogP contribution is -2.38. The zero-order valence-electron chi connectivity index (χ0n) is 12.9. The van der Waals surface area contributed by atoms with E-state index in [0.29, 0.717) is 11.3 Å². The molecule has 20 heavy (non-hydrogen) atoms. The van der Waals surface area contributed by atoms with Gasteiger partial charge in [0, 0.05) is 5.57 Å². The molecule has 0 saturated heterocycles. The second-order valence-electron chi connectivity index (χ2n) is 7.08. The highest BCUT2D eigenvalue weighted by Crippen LogP contribution is 2.54. The van der Waals surface area contributed by atoms with Crippen LogP contribution >= 0.6 is 22.6 Å². The molecule has 2 fully saturated rings. The Morgan fingerprint density at radius 3 is 2.50 bits per heavy atom. The van der Waals surface area contributed by atoms with E-state index in [1.54, 1.807) is 0 Å². The summed E-state index contributed by atoms with van der Waals surface area (Å²) in [5.41, 5.74) is 1.59. The summed E-state index contributed by atoms with van der Waals surface area (Å²) >= 11 is 2.21. The Labute approximate surface area is 138 Å². The highest BCUT2D eigenvalue weighted by Gasteiger charge is 2.43. The molecule has 114 valence electrons. The van der Waals surface area contributed by atoms with Crippen LogP contribution in [0.1, 0.15) is 77.6 Å². The Kier molecular flexibility index (Phi) is 6.57. The van der Waals surface area contributed by atoms with E-state index in [9.17, 15) is 4.79 Å². The molecule has 0 aliphatic heterocycles. The summed E-state index contributed by atoms with van der Waals surface area (Å²) in [7, 11) is 0. The molecule has 2 aliphatic rings. The Hall–Kier alpha value is 0.140. The minimum atomic E-state index is 0.555. The SMILES string of the molecule is CCC1(CCCC2CCCCC2)CC(C(C=O)=CI)C1. The predicted octanol–water partition coefficient (Wildman–Crippen LogP) is 6.06. The molecular weight excluding hydrogens is 359 g/mol. The highest BCUT2D eigenvalue weighted by atomic mass is 127. The van der Waals surface area contributed by atoms with Gasteiger partial charge < -0.3 is 0 Å². The largest absolute Gasteiger partial charge is 0.298 e. The lowest BCUT2D eigenvalue weighted by atomic mass is 9.56. The van der Waals surface area contributed by atoms with Crippen LogP contribution in [0.2, 0.25) is 0 Å². The standard InChI is InChI=1S/C18H29IO/c1-2-18(11-16(12-18)17(13-19)14-20)10-6-9-15-7-4-3-5-8-15/h13-16H,2-12H2,1H3. The molecule has 0 spiro atoms. The topological polar surface area (TPSA) is 17.1 Å². The average molecular weight is 388 g/mol. The van der Waals surface area contributed by atoms with E-state index in [-0.39, 0.29) is 0 Å². The molecule has 0 aromatic carbocycles. The second kappa shape index (κ2) is 7.95. The minimum Gasteiger partial charge on any atom is -0.298 e. The van der Waals surface area contributed by atoms with Crippen molar-refractivity contribution >= 4 is 28.9 Å². The molecule has 0 amide bonds. The smallest absolute Gasteiger partial charge is 0.146 e. The quantitative estimate of drug-likeness (QED) is 0.294. The maximum Gasteiger partial charge on any atom is 0.146 e. The molecule has 0 unspecified atom stereocenters. The fourth-order valence-corrected chi connectivity index (χ4v) is 5.00. The molecule has 2 saturated carbocycles. The van der Waals surface area contributed by atoms with Gasteiger partial charge in [-0.1, -0.05) is 80.9 Å². The fraction of sp³-hybridized carbons (Fsp3) is 0.833. The van der Waals surface area contributed by atoms with Crippen LogP contribution in [0.4, 0.5) is 0 Å². The normalized spacial score (nSPS) is 31.9. The highest BCUT2D eigenvalue weighted by molar-refractivity contribution is 14.1. The Balaban J connectivity index is 1.72. The van der Waals surface area contributed by atoms with Gasteiger partial charge in [-0.3, -0.25) is 4.79 Å². The Morgan fingerprint density at radius 2 is 1.95 bits per heavy atom. The molecule has 0 aromatic rings. The Morgan fingerprint density at radius 1 is 1.25 bits per heavy atom. The van der Waals surface area contributed by atoms with E-state index in [1.165, 1.54) is 70.6 Å². The Bertz CT molecular complexity index is 335. The van der Waals surface area contributed by atoms with Crippen LogP contribution in [0.25, 0.3) is 0 Å². The maximum atomic E-state index is 11.0. The van der Waals surface area contributed by atoms with E-state index in [1.807, 2.05) is 4.08 Å². The van der Waals surface area contributed by atoms with Gasteiger partial charge in [-0.15, -0.1) is 0 Å². The molecule has 0 atom stereocenters. The third-order valence-corrected chi connectivity index (χ3v) is 6.61. The van der Waals surface area contributed by atoms with Crippen molar-refractivity contribution in [3.05, 3.63) is 9.66 Å². The molecule has 2 heteroatoms. The summed E-state index contributed by atoms with van der Waals surface area (Å²) in [5, 5.41) is 0. The van der Waals surface area contributed by atoms with Crippen LogP contribution in [0.15, 0.2) is 9.66 Å². The summed E-state index contributed by atoms with van der Waals surface area (Å²) in [6.45, 7) is 2.34. The fourth-order valence-electron chi connectivity index (χ4n) is 4.34. The zero-order chi connectivity index (χ0) is 14.4. The first-order valence-electron chi connectivity index (χ1n) is 8.48. The predicted molar refractivity (Wildman–Crippen MR) is 94.0 cm³/mol. The maximum absolute atomic E-state index is 11.0. The number of hydrogen-bond donors (Lipinski definition) is 0. The van der Waals surface area contributed by atoms with Crippen LogP contribution in [-0.2, 0) is 4.79 Å². The first-order valence-corrected chi connectivity index (χ1v) is 9.73. The van der Waals surface area contributed by atoms with Crippen LogP contribution < -0.4 is 0 Å². The van der Waals surface area contributed by atoms with Gasteiger partial charge in [-0.05, 0) is 40.6 Å². The van der Waals surface area contributed by atoms with Gasteiger partial charge in [0.1, 0.15) is 6.29 Å². The van der Waals surface area contributed by atoms with Gasteiger partial charge >= 0.3 is 0 Å². The minimum absolute atomic E-state index is 0.555. The van der Waals surface area contributed by atoms with Gasteiger partial charge in [-0.2, -0.15) is 0 Å². The summed E-state index contributed by atoms with van der Waals surface area (Å²) in [5.74, 6) is 1.58. The van der Waals surface area contributed by atoms with Crippen molar-refractivity contribution in [2.45, 2.75) is 77.6 Å². The van der Waals surface area contributed by atoms with E-state index >= 15 is 0 Å². The van der Waals surface area contributed by atoms with Crippen molar-refractivity contribution < 1.29 is 4.79 Å². The second-order valence-corrected chi connectivity index (χ2v) is 7.70. The summed E-state index contributed by atoms with van der Waals surface area (Å²) in [6, 6.07) is 0. The first kappa shape index (κ1) is 16.5. The van der Waals surface area contributed by atoms with Gasteiger partial charge in [0.2, 0.25) is 0 Å². The molecule has 2 aliphatic carbocycles. The zero-order valence-corrected chi connectivity index (χ0v) is 15.0.